The molecule has 0 radical (unpaired) electrons. The lowest BCUT2D eigenvalue weighted by atomic mass is 9.96. The Hall–Kier alpha value is -0.920. The van der Waals surface area contributed by atoms with Crippen molar-refractivity contribution in [2.75, 3.05) is 14.2 Å². The van der Waals surface area contributed by atoms with Crippen LogP contribution in [0.15, 0.2) is 23.7 Å². The lowest BCUT2D eigenvalue weighted by Crippen LogP contribution is -2.06. The van der Waals surface area contributed by atoms with Crippen LogP contribution in [0.2, 0.25) is 0 Å². The summed E-state index contributed by atoms with van der Waals surface area (Å²) >= 11 is 0. The minimum absolute atomic E-state index is 0.610. The molecule has 0 aliphatic heterocycles. The van der Waals surface area contributed by atoms with Crippen molar-refractivity contribution in [1.82, 2.24) is 0 Å². The number of allylic oxidation sites excluding steroid dienone is 2. The quantitative estimate of drug-likeness (QED) is 0.644. The Morgan fingerprint density at radius 3 is 2.50 bits per heavy atom. The van der Waals surface area contributed by atoms with Gasteiger partial charge in [-0.2, -0.15) is 0 Å². The highest BCUT2D eigenvalue weighted by molar-refractivity contribution is 5.25. The van der Waals surface area contributed by atoms with Gasteiger partial charge in [-0.15, -0.1) is 0 Å². The first-order chi connectivity index (χ1) is 5.81. The van der Waals surface area contributed by atoms with Crippen LogP contribution in [-0.2, 0) is 9.47 Å². The molecule has 1 aliphatic carbocycles. The average molecular weight is 168 g/mol. The molecule has 2 nitrogen and oxygen atoms in total. The topological polar surface area (TPSA) is 18.5 Å². The Morgan fingerprint density at radius 1 is 1.33 bits per heavy atom. The van der Waals surface area contributed by atoms with Crippen LogP contribution in [0.4, 0.5) is 0 Å². The van der Waals surface area contributed by atoms with Gasteiger partial charge in [0.2, 0.25) is 0 Å². The molecule has 12 heavy (non-hydrogen) atoms. The highest BCUT2D eigenvalue weighted by Gasteiger charge is 2.14. The Labute approximate surface area is 73.9 Å². The molecule has 0 N–H and O–H groups in total. The summed E-state index contributed by atoms with van der Waals surface area (Å²) in [7, 11) is 3.35. The van der Waals surface area contributed by atoms with E-state index in [0.29, 0.717) is 5.92 Å². The molecule has 0 fully saturated rings. The summed E-state index contributed by atoms with van der Waals surface area (Å²) in [5.41, 5.74) is 0. The smallest absolute Gasteiger partial charge is 0.156 e. The second-order valence-electron chi connectivity index (χ2n) is 2.91. The SMILES string of the molecule is CCC1C=C(OC)C(OC)=CC1. The predicted molar refractivity (Wildman–Crippen MR) is 48.6 cm³/mol. The zero-order valence-corrected chi connectivity index (χ0v) is 7.96. The van der Waals surface area contributed by atoms with Crippen molar-refractivity contribution in [2.24, 2.45) is 5.92 Å². The van der Waals surface area contributed by atoms with Crippen molar-refractivity contribution >= 4 is 0 Å². The molecule has 2 heteroatoms. The van der Waals surface area contributed by atoms with Crippen LogP contribution in [0, 0.1) is 5.92 Å². The number of methoxy groups -OCH3 is 2. The van der Waals surface area contributed by atoms with Crippen LogP contribution in [0.25, 0.3) is 0 Å². The normalized spacial score (nSPS) is 22.8. The predicted octanol–water partition coefficient (Wildman–Crippen LogP) is 2.48. The van der Waals surface area contributed by atoms with Gasteiger partial charge in [-0.1, -0.05) is 6.92 Å². The Bertz CT molecular complexity index is 204. The van der Waals surface area contributed by atoms with Gasteiger partial charge in [0.05, 0.1) is 14.2 Å². The van der Waals surface area contributed by atoms with E-state index in [-0.39, 0.29) is 0 Å². The minimum atomic E-state index is 0.610. The first-order valence-corrected chi connectivity index (χ1v) is 4.32. The first kappa shape index (κ1) is 9.17. The lowest BCUT2D eigenvalue weighted by molar-refractivity contribution is 0.211. The fourth-order valence-corrected chi connectivity index (χ4v) is 1.36. The Morgan fingerprint density at radius 2 is 2.00 bits per heavy atom. The molecule has 0 aromatic rings. The number of hydrogen-bond acceptors (Lipinski definition) is 2. The van der Waals surface area contributed by atoms with Crippen molar-refractivity contribution in [3.63, 3.8) is 0 Å². The largest absolute Gasteiger partial charge is 0.493 e. The summed E-state index contributed by atoms with van der Waals surface area (Å²) < 4.78 is 10.3. The summed E-state index contributed by atoms with van der Waals surface area (Å²) in [4.78, 5) is 0. The number of hydrogen-bond donors (Lipinski definition) is 0. The monoisotopic (exact) mass is 168 g/mol. The van der Waals surface area contributed by atoms with E-state index in [1.807, 2.05) is 0 Å². The Kier molecular flexibility index (Phi) is 3.20. The van der Waals surface area contributed by atoms with Gasteiger partial charge in [0.25, 0.3) is 0 Å². The van der Waals surface area contributed by atoms with Crippen LogP contribution in [0.1, 0.15) is 19.8 Å². The van der Waals surface area contributed by atoms with Crippen LogP contribution < -0.4 is 0 Å². The van der Waals surface area contributed by atoms with Gasteiger partial charge in [0.1, 0.15) is 0 Å². The number of ether oxygens (including phenoxy) is 2. The molecular formula is C10H16O2. The van der Waals surface area contributed by atoms with Crippen molar-refractivity contribution in [1.29, 1.82) is 0 Å². The summed E-state index contributed by atoms with van der Waals surface area (Å²) in [5.74, 6) is 2.34. The third-order valence-corrected chi connectivity index (χ3v) is 2.20. The van der Waals surface area contributed by atoms with Crippen LogP contribution in [0.5, 0.6) is 0 Å². The van der Waals surface area contributed by atoms with Gasteiger partial charge in [0.15, 0.2) is 11.5 Å². The molecule has 0 amide bonds. The summed E-state index contributed by atoms with van der Waals surface area (Å²) in [6, 6.07) is 0. The summed E-state index contributed by atoms with van der Waals surface area (Å²) in [5, 5.41) is 0. The van der Waals surface area contributed by atoms with Crippen molar-refractivity contribution in [3.8, 4) is 0 Å². The fourth-order valence-electron chi connectivity index (χ4n) is 1.36. The third-order valence-electron chi connectivity index (χ3n) is 2.20. The molecule has 0 aromatic carbocycles. The lowest BCUT2D eigenvalue weighted by Gasteiger charge is -2.18. The van der Waals surface area contributed by atoms with Gasteiger partial charge in [-0.05, 0) is 30.9 Å². The maximum Gasteiger partial charge on any atom is 0.156 e. The average Bonchev–Trinajstić information content (AvgIpc) is 2.16. The molecule has 0 aromatic heterocycles. The van der Waals surface area contributed by atoms with Gasteiger partial charge in [0, 0.05) is 0 Å². The van der Waals surface area contributed by atoms with Crippen molar-refractivity contribution in [2.45, 2.75) is 19.8 Å². The van der Waals surface area contributed by atoms with E-state index in [9.17, 15) is 0 Å². The molecule has 0 heterocycles. The third kappa shape index (κ3) is 1.81. The summed E-state index contributed by atoms with van der Waals surface area (Å²) in [6.45, 7) is 2.18. The molecule has 1 atom stereocenters. The van der Waals surface area contributed by atoms with E-state index in [1.54, 1.807) is 14.2 Å². The molecule has 68 valence electrons. The van der Waals surface area contributed by atoms with Crippen LogP contribution >= 0.6 is 0 Å². The standard InChI is InChI=1S/C10H16O2/c1-4-8-5-6-9(11-2)10(7-8)12-3/h6-8H,4-5H2,1-3H3. The first-order valence-electron chi connectivity index (χ1n) is 4.32. The molecule has 0 spiro atoms. The summed E-state index contributed by atoms with van der Waals surface area (Å²) in [6.07, 6.45) is 6.44. The highest BCUT2D eigenvalue weighted by Crippen LogP contribution is 2.25. The van der Waals surface area contributed by atoms with E-state index >= 15 is 0 Å². The minimum Gasteiger partial charge on any atom is -0.493 e. The van der Waals surface area contributed by atoms with Crippen molar-refractivity contribution < 1.29 is 9.47 Å². The molecule has 1 rings (SSSR count). The van der Waals surface area contributed by atoms with Crippen LogP contribution in [-0.4, -0.2) is 14.2 Å². The molecule has 1 aliphatic rings. The molecule has 0 saturated carbocycles. The van der Waals surface area contributed by atoms with Crippen LogP contribution in [0.3, 0.4) is 0 Å². The maximum absolute atomic E-state index is 5.19. The molecule has 0 bridgehead atoms. The van der Waals surface area contributed by atoms with E-state index in [1.165, 1.54) is 0 Å². The van der Waals surface area contributed by atoms with Gasteiger partial charge < -0.3 is 9.47 Å². The zero-order valence-electron chi connectivity index (χ0n) is 7.96. The van der Waals surface area contributed by atoms with E-state index < -0.39 is 0 Å². The van der Waals surface area contributed by atoms with E-state index in [4.69, 9.17) is 9.47 Å². The van der Waals surface area contributed by atoms with Crippen molar-refractivity contribution in [3.05, 3.63) is 23.7 Å². The van der Waals surface area contributed by atoms with Gasteiger partial charge >= 0.3 is 0 Å². The van der Waals surface area contributed by atoms with E-state index in [2.05, 4.69) is 19.1 Å². The van der Waals surface area contributed by atoms with Gasteiger partial charge in [-0.3, -0.25) is 0 Å². The zero-order chi connectivity index (χ0) is 8.97. The maximum atomic E-state index is 5.19. The van der Waals surface area contributed by atoms with E-state index in [0.717, 1.165) is 24.4 Å². The second-order valence-corrected chi connectivity index (χ2v) is 2.91. The molecular weight excluding hydrogens is 152 g/mol. The fraction of sp³-hybridized carbons (Fsp3) is 0.600. The second kappa shape index (κ2) is 4.19. The molecule has 0 saturated heterocycles. The number of rotatable bonds is 3. The Balaban J connectivity index is 2.71. The molecule has 1 unspecified atom stereocenters. The van der Waals surface area contributed by atoms with Gasteiger partial charge in [-0.25, -0.2) is 0 Å². The highest BCUT2D eigenvalue weighted by atomic mass is 16.5.